The maximum atomic E-state index is 11.9. The number of benzene rings is 1. The van der Waals surface area contributed by atoms with Gasteiger partial charge in [0.2, 0.25) is 5.76 Å². The normalized spacial score (nSPS) is 10.4. The van der Waals surface area contributed by atoms with Crippen molar-refractivity contribution in [3.05, 3.63) is 47.7 Å². The van der Waals surface area contributed by atoms with E-state index in [1.165, 1.54) is 6.20 Å². The molecule has 3 rings (SSSR count). The number of nitrogens with one attached hydrogen (secondary N) is 1. The van der Waals surface area contributed by atoms with Gasteiger partial charge in [0.05, 0.1) is 6.20 Å². The molecule has 0 unspecified atom stereocenters. The quantitative estimate of drug-likeness (QED) is 0.784. The van der Waals surface area contributed by atoms with Gasteiger partial charge in [-0.05, 0) is 19.1 Å². The number of rotatable bonds is 3. The first-order valence-corrected chi connectivity index (χ1v) is 5.85. The second-order valence-electron chi connectivity index (χ2n) is 4.11. The van der Waals surface area contributed by atoms with Gasteiger partial charge in [0.1, 0.15) is 0 Å². The average Bonchev–Trinajstić information content (AvgIpc) is 3.09. The van der Waals surface area contributed by atoms with Crippen LogP contribution >= 0.6 is 0 Å². The summed E-state index contributed by atoms with van der Waals surface area (Å²) < 4.78 is 10.1. The molecule has 0 bridgehead atoms. The zero-order chi connectivity index (χ0) is 13.9. The van der Waals surface area contributed by atoms with Crippen molar-refractivity contribution in [2.75, 3.05) is 5.32 Å². The molecule has 7 heteroatoms. The lowest BCUT2D eigenvalue weighted by Gasteiger charge is -2.00. The van der Waals surface area contributed by atoms with Crippen LogP contribution in [-0.2, 0) is 0 Å². The minimum atomic E-state index is -0.322. The van der Waals surface area contributed by atoms with Gasteiger partial charge in [-0.25, -0.2) is 0 Å². The highest BCUT2D eigenvalue weighted by atomic mass is 16.5. The Morgan fingerprint density at radius 3 is 2.65 bits per heavy atom. The lowest BCUT2D eigenvalue weighted by atomic mass is 10.1. The first kappa shape index (κ1) is 12.1. The smallest absolute Gasteiger partial charge is 0.322 e. The van der Waals surface area contributed by atoms with Crippen LogP contribution in [-0.4, -0.2) is 21.3 Å². The number of aromatic nitrogens is 3. The molecule has 3 aromatic rings. The second kappa shape index (κ2) is 4.96. The molecular weight excluding hydrogens is 260 g/mol. The van der Waals surface area contributed by atoms with E-state index in [-0.39, 0.29) is 17.8 Å². The highest BCUT2D eigenvalue weighted by Crippen LogP contribution is 2.19. The van der Waals surface area contributed by atoms with E-state index in [0.717, 1.165) is 5.56 Å². The van der Waals surface area contributed by atoms with E-state index in [0.29, 0.717) is 11.3 Å². The zero-order valence-corrected chi connectivity index (χ0v) is 10.5. The van der Waals surface area contributed by atoms with Gasteiger partial charge in [-0.15, -0.1) is 5.10 Å². The fourth-order valence-electron chi connectivity index (χ4n) is 1.57. The molecule has 2 aromatic heterocycles. The van der Waals surface area contributed by atoms with Crippen molar-refractivity contribution in [2.24, 2.45) is 0 Å². The third-order valence-electron chi connectivity index (χ3n) is 2.61. The van der Waals surface area contributed by atoms with Crippen LogP contribution in [0, 0.1) is 6.92 Å². The second-order valence-corrected chi connectivity index (χ2v) is 4.11. The molecule has 0 spiro atoms. The monoisotopic (exact) mass is 270 g/mol. The Labute approximate surface area is 113 Å². The highest BCUT2D eigenvalue weighted by molar-refractivity contribution is 6.03. The number of anilines is 1. The molecule has 1 aromatic carbocycles. The molecule has 0 fully saturated rings. The summed E-state index contributed by atoms with van der Waals surface area (Å²) >= 11 is 0. The van der Waals surface area contributed by atoms with Crippen molar-refractivity contribution in [3.63, 3.8) is 0 Å². The van der Waals surface area contributed by atoms with Gasteiger partial charge >= 0.3 is 6.01 Å². The highest BCUT2D eigenvalue weighted by Gasteiger charge is 2.14. The fourth-order valence-corrected chi connectivity index (χ4v) is 1.57. The standard InChI is InChI=1S/C13H10N4O3/c1-8-2-4-9(5-3-8)11(18)15-13-17-16-12(19-13)10-6-7-14-20-10/h2-7H,1H3,(H,15,17,18). The Balaban J connectivity index is 1.75. The van der Waals surface area contributed by atoms with Crippen LogP contribution in [0.4, 0.5) is 6.01 Å². The molecule has 0 aliphatic rings. The van der Waals surface area contributed by atoms with Crippen molar-refractivity contribution in [3.8, 4) is 11.7 Å². The Kier molecular flexibility index (Phi) is 3.00. The van der Waals surface area contributed by atoms with E-state index in [2.05, 4.69) is 20.7 Å². The van der Waals surface area contributed by atoms with Gasteiger partial charge in [0.15, 0.2) is 0 Å². The van der Waals surface area contributed by atoms with E-state index in [4.69, 9.17) is 8.94 Å². The molecule has 0 aliphatic heterocycles. The lowest BCUT2D eigenvalue weighted by Crippen LogP contribution is -2.11. The molecule has 0 radical (unpaired) electrons. The summed E-state index contributed by atoms with van der Waals surface area (Å²) in [4.78, 5) is 11.9. The third-order valence-corrected chi connectivity index (χ3v) is 2.61. The maximum absolute atomic E-state index is 11.9. The van der Waals surface area contributed by atoms with E-state index in [9.17, 15) is 4.79 Å². The summed E-state index contributed by atoms with van der Waals surface area (Å²) in [7, 11) is 0. The number of hydrogen-bond acceptors (Lipinski definition) is 6. The van der Waals surface area contributed by atoms with Gasteiger partial charge in [-0.2, -0.15) is 0 Å². The Bertz CT molecular complexity index is 716. The molecule has 1 N–H and O–H groups in total. The number of aryl methyl sites for hydroxylation is 1. The minimum absolute atomic E-state index is 0.00183. The van der Waals surface area contributed by atoms with Crippen LogP contribution in [0.2, 0.25) is 0 Å². The third kappa shape index (κ3) is 2.41. The maximum Gasteiger partial charge on any atom is 0.322 e. The average molecular weight is 270 g/mol. The van der Waals surface area contributed by atoms with Crippen molar-refractivity contribution >= 4 is 11.9 Å². The summed E-state index contributed by atoms with van der Waals surface area (Å²) in [5, 5.41) is 13.5. The van der Waals surface area contributed by atoms with E-state index >= 15 is 0 Å². The van der Waals surface area contributed by atoms with E-state index < -0.39 is 0 Å². The van der Waals surface area contributed by atoms with Crippen molar-refractivity contribution in [1.82, 2.24) is 15.4 Å². The van der Waals surface area contributed by atoms with Gasteiger partial charge < -0.3 is 8.94 Å². The van der Waals surface area contributed by atoms with Gasteiger partial charge in [0.25, 0.3) is 11.8 Å². The van der Waals surface area contributed by atoms with Crippen molar-refractivity contribution in [2.45, 2.75) is 6.92 Å². The van der Waals surface area contributed by atoms with Gasteiger partial charge in [-0.3, -0.25) is 10.1 Å². The number of nitrogens with zero attached hydrogens (tertiary/aromatic N) is 3. The van der Waals surface area contributed by atoms with Crippen LogP contribution in [0.15, 0.2) is 45.5 Å². The number of carbonyl (C=O) groups excluding carboxylic acids is 1. The molecule has 0 saturated heterocycles. The number of carbonyl (C=O) groups is 1. The van der Waals surface area contributed by atoms with Crippen LogP contribution < -0.4 is 5.32 Å². The SMILES string of the molecule is Cc1ccc(C(=O)Nc2nnc(-c3ccno3)o2)cc1. The number of amides is 1. The molecule has 0 atom stereocenters. The largest absolute Gasteiger partial charge is 0.400 e. The molecule has 0 aliphatic carbocycles. The van der Waals surface area contributed by atoms with Crippen LogP contribution in [0.25, 0.3) is 11.7 Å². The summed E-state index contributed by atoms with van der Waals surface area (Å²) in [6.45, 7) is 1.95. The summed E-state index contributed by atoms with van der Waals surface area (Å²) in [5.74, 6) is 0.174. The van der Waals surface area contributed by atoms with Gasteiger partial charge in [-0.1, -0.05) is 28.0 Å². The van der Waals surface area contributed by atoms with E-state index in [1.54, 1.807) is 18.2 Å². The molecule has 0 saturated carbocycles. The summed E-state index contributed by atoms with van der Waals surface area (Å²) in [5.41, 5.74) is 1.59. The predicted octanol–water partition coefficient (Wildman–Crippen LogP) is 2.29. The Morgan fingerprint density at radius 1 is 1.15 bits per heavy atom. The van der Waals surface area contributed by atoms with Crippen molar-refractivity contribution < 1.29 is 13.7 Å². The molecule has 2 heterocycles. The molecular formula is C13H10N4O3. The molecule has 7 nitrogen and oxygen atoms in total. The zero-order valence-electron chi connectivity index (χ0n) is 10.5. The summed E-state index contributed by atoms with van der Waals surface area (Å²) in [6, 6.07) is 8.73. The topological polar surface area (TPSA) is 94.1 Å². The van der Waals surface area contributed by atoms with Gasteiger partial charge in [0, 0.05) is 11.6 Å². The van der Waals surface area contributed by atoms with Crippen LogP contribution in [0.1, 0.15) is 15.9 Å². The fraction of sp³-hybridized carbons (Fsp3) is 0.0769. The predicted molar refractivity (Wildman–Crippen MR) is 68.9 cm³/mol. The molecule has 100 valence electrons. The van der Waals surface area contributed by atoms with Crippen LogP contribution in [0.3, 0.4) is 0 Å². The first-order valence-electron chi connectivity index (χ1n) is 5.85. The van der Waals surface area contributed by atoms with E-state index in [1.807, 2.05) is 19.1 Å². The summed E-state index contributed by atoms with van der Waals surface area (Å²) in [6.07, 6.45) is 1.46. The minimum Gasteiger partial charge on any atom is -0.400 e. The van der Waals surface area contributed by atoms with Crippen molar-refractivity contribution in [1.29, 1.82) is 0 Å². The Morgan fingerprint density at radius 2 is 1.95 bits per heavy atom. The molecule has 1 amide bonds. The number of hydrogen-bond donors (Lipinski definition) is 1. The first-order chi connectivity index (χ1) is 9.72. The lowest BCUT2D eigenvalue weighted by molar-refractivity contribution is 0.102. The Hall–Kier alpha value is -2.96. The molecule has 20 heavy (non-hydrogen) atoms. The van der Waals surface area contributed by atoms with Crippen LogP contribution in [0.5, 0.6) is 0 Å².